The Balaban J connectivity index is 3.62. The molecular weight excluding hydrogens is 156 g/mol. The van der Waals surface area contributed by atoms with Crippen LogP contribution in [0.25, 0.3) is 0 Å². The van der Waals surface area contributed by atoms with Gasteiger partial charge in [0.05, 0.1) is 12.7 Å². The molecule has 0 saturated carbocycles. The van der Waals surface area contributed by atoms with Gasteiger partial charge in [-0.2, -0.15) is 0 Å². The highest BCUT2D eigenvalue weighted by molar-refractivity contribution is 4.67. The fourth-order valence-electron chi connectivity index (χ4n) is 1.04. The lowest BCUT2D eigenvalue weighted by molar-refractivity contribution is -0.0654. The van der Waals surface area contributed by atoms with Crippen molar-refractivity contribution in [1.29, 1.82) is 0 Å². The van der Waals surface area contributed by atoms with Crippen LogP contribution in [0.5, 0.6) is 0 Å². The van der Waals surface area contributed by atoms with Gasteiger partial charge >= 0.3 is 0 Å². The Hall–Kier alpha value is -0.120. The molecule has 0 aliphatic carbocycles. The number of hydrogen-bond acceptors (Lipinski definition) is 3. The minimum absolute atomic E-state index is 0.0961. The van der Waals surface area contributed by atoms with E-state index in [0.717, 1.165) is 12.8 Å². The molecule has 0 aromatic rings. The van der Waals surface area contributed by atoms with Crippen LogP contribution in [-0.2, 0) is 4.74 Å². The van der Waals surface area contributed by atoms with Gasteiger partial charge in [0, 0.05) is 6.61 Å². The average Bonchev–Trinajstić information content (AvgIpc) is 2.06. The van der Waals surface area contributed by atoms with Crippen molar-refractivity contribution in [2.24, 2.45) is 0 Å². The third-order valence-corrected chi connectivity index (χ3v) is 1.73. The van der Waals surface area contributed by atoms with E-state index < -0.39 is 12.2 Å². The van der Waals surface area contributed by atoms with Gasteiger partial charge in [-0.3, -0.25) is 0 Å². The van der Waals surface area contributed by atoms with E-state index in [2.05, 4.69) is 0 Å². The summed E-state index contributed by atoms with van der Waals surface area (Å²) < 4.78 is 5.25. The summed E-state index contributed by atoms with van der Waals surface area (Å²) in [5.41, 5.74) is 0. The molecule has 0 spiro atoms. The number of aliphatic hydroxyl groups is 2. The van der Waals surface area contributed by atoms with Crippen molar-refractivity contribution >= 4 is 0 Å². The second-order valence-corrected chi connectivity index (χ2v) is 2.95. The van der Waals surface area contributed by atoms with E-state index in [1.54, 1.807) is 0 Å². The Bertz CT molecular complexity index is 95.8. The molecule has 0 heterocycles. The van der Waals surface area contributed by atoms with Crippen molar-refractivity contribution in [3.8, 4) is 0 Å². The van der Waals surface area contributed by atoms with E-state index in [0.29, 0.717) is 13.0 Å². The smallest absolute Gasteiger partial charge is 0.106 e. The lowest BCUT2D eigenvalue weighted by atomic mass is 10.1. The van der Waals surface area contributed by atoms with Gasteiger partial charge in [0.1, 0.15) is 6.10 Å². The zero-order valence-electron chi connectivity index (χ0n) is 7.99. The fourth-order valence-corrected chi connectivity index (χ4v) is 1.04. The summed E-state index contributed by atoms with van der Waals surface area (Å²) in [4.78, 5) is 0. The van der Waals surface area contributed by atoms with Crippen molar-refractivity contribution in [1.82, 2.24) is 0 Å². The van der Waals surface area contributed by atoms with Gasteiger partial charge < -0.3 is 14.9 Å². The van der Waals surface area contributed by atoms with E-state index in [9.17, 15) is 5.11 Å². The SMILES string of the molecule is CCCOC(CO)C(O)CCC. The summed E-state index contributed by atoms with van der Waals surface area (Å²) in [6.07, 6.45) is 1.59. The monoisotopic (exact) mass is 176 g/mol. The number of rotatable bonds is 7. The summed E-state index contributed by atoms with van der Waals surface area (Å²) >= 11 is 0. The Labute approximate surface area is 74.4 Å². The Morgan fingerprint density at radius 1 is 1.25 bits per heavy atom. The van der Waals surface area contributed by atoms with Gasteiger partial charge in [0.15, 0.2) is 0 Å². The molecule has 2 atom stereocenters. The van der Waals surface area contributed by atoms with Crippen LogP contribution < -0.4 is 0 Å². The Morgan fingerprint density at radius 2 is 1.92 bits per heavy atom. The molecule has 12 heavy (non-hydrogen) atoms. The van der Waals surface area contributed by atoms with Gasteiger partial charge in [-0.15, -0.1) is 0 Å². The lowest BCUT2D eigenvalue weighted by Crippen LogP contribution is -2.32. The molecule has 3 heteroatoms. The number of ether oxygens (including phenoxy) is 1. The predicted octanol–water partition coefficient (Wildman–Crippen LogP) is 0.935. The zero-order valence-corrected chi connectivity index (χ0v) is 7.99. The van der Waals surface area contributed by atoms with Crippen LogP contribution in [0.1, 0.15) is 33.1 Å². The third kappa shape index (κ3) is 4.70. The summed E-state index contributed by atoms with van der Waals surface area (Å²) in [6, 6.07) is 0. The molecule has 0 fully saturated rings. The standard InChI is InChI=1S/C9H20O3/c1-3-5-8(11)9(7-10)12-6-4-2/h8-11H,3-7H2,1-2H3. The molecule has 3 nitrogen and oxygen atoms in total. The second-order valence-electron chi connectivity index (χ2n) is 2.95. The predicted molar refractivity (Wildman–Crippen MR) is 48.0 cm³/mol. The second kappa shape index (κ2) is 7.53. The summed E-state index contributed by atoms with van der Waals surface area (Å²) in [6.45, 7) is 4.51. The largest absolute Gasteiger partial charge is 0.394 e. The first kappa shape index (κ1) is 11.9. The van der Waals surface area contributed by atoms with Gasteiger partial charge in [-0.1, -0.05) is 20.3 Å². The van der Waals surface area contributed by atoms with Gasteiger partial charge in [0.25, 0.3) is 0 Å². The van der Waals surface area contributed by atoms with Crippen LogP contribution in [0.4, 0.5) is 0 Å². The molecule has 0 amide bonds. The molecule has 2 N–H and O–H groups in total. The van der Waals surface area contributed by atoms with Crippen LogP contribution in [0, 0.1) is 0 Å². The summed E-state index contributed by atoms with van der Waals surface area (Å²) in [7, 11) is 0. The van der Waals surface area contributed by atoms with Crippen LogP contribution in [0.2, 0.25) is 0 Å². The molecule has 0 radical (unpaired) electrons. The third-order valence-electron chi connectivity index (χ3n) is 1.73. The van der Waals surface area contributed by atoms with E-state index in [4.69, 9.17) is 9.84 Å². The molecule has 0 aliphatic heterocycles. The molecule has 0 aliphatic rings. The topological polar surface area (TPSA) is 49.7 Å². The minimum Gasteiger partial charge on any atom is -0.394 e. The summed E-state index contributed by atoms with van der Waals surface area (Å²) in [5.74, 6) is 0. The highest BCUT2D eigenvalue weighted by atomic mass is 16.5. The first-order valence-electron chi connectivity index (χ1n) is 4.66. The van der Waals surface area contributed by atoms with Crippen LogP contribution in [0.15, 0.2) is 0 Å². The van der Waals surface area contributed by atoms with Gasteiger partial charge in [-0.25, -0.2) is 0 Å². The van der Waals surface area contributed by atoms with E-state index in [1.165, 1.54) is 0 Å². The number of aliphatic hydroxyl groups excluding tert-OH is 2. The first-order valence-corrected chi connectivity index (χ1v) is 4.66. The van der Waals surface area contributed by atoms with Crippen molar-refractivity contribution in [2.75, 3.05) is 13.2 Å². The average molecular weight is 176 g/mol. The Morgan fingerprint density at radius 3 is 2.33 bits per heavy atom. The van der Waals surface area contributed by atoms with E-state index >= 15 is 0 Å². The summed E-state index contributed by atoms with van der Waals surface area (Å²) in [5, 5.41) is 18.3. The van der Waals surface area contributed by atoms with E-state index in [-0.39, 0.29) is 6.61 Å². The zero-order chi connectivity index (χ0) is 9.40. The first-order chi connectivity index (χ1) is 5.76. The quantitative estimate of drug-likeness (QED) is 0.607. The highest BCUT2D eigenvalue weighted by Crippen LogP contribution is 2.06. The molecule has 2 unspecified atom stereocenters. The molecule has 0 saturated heterocycles. The van der Waals surface area contributed by atoms with Crippen molar-refractivity contribution < 1.29 is 14.9 Å². The molecule has 74 valence electrons. The van der Waals surface area contributed by atoms with Gasteiger partial charge in [-0.05, 0) is 12.8 Å². The van der Waals surface area contributed by atoms with Crippen molar-refractivity contribution in [3.63, 3.8) is 0 Å². The van der Waals surface area contributed by atoms with Crippen LogP contribution >= 0.6 is 0 Å². The molecule has 0 aromatic heterocycles. The molecule has 0 aromatic carbocycles. The van der Waals surface area contributed by atoms with Crippen molar-refractivity contribution in [2.45, 2.75) is 45.3 Å². The van der Waals surface area contributed by atoms with Crippen molar-refractivity contribution in [3.05, 3.63) is 0 Å². The Kier molecular flexibility index (Phi) is 7.45. The fraction of sp³-hybridized carbons (Fsp3) is 1.00. The van der Waals surface area contributed by atoms with Crippen LogP contribution in [0.3, 0.4) is 0 Å². The number of hydrogen-bond donors (Lipinski definition) is 2. The maximum absolute atomic E-state index is 9.45. The molecule has 0 bridgehead atoms. The van der Waals surface area contributed by atoms with Crippen LogP contribution in [-0.4, -0.2) is 35.6 Å². The van der Waals surface area contributed by atoms with Gasteiger partial charge in [0.2, 0.25) is 0 Å². The maximum atomic E-state index is 9.45. The van der Waals surface area contributed by atoms with E-state index in [1.807, 2.05) is 13.8 Å². The molecule has 0 rings (SSSR count). The molecular formula is C9H20O3. The normalized spacial score (nSPS) is 16.0. The highest BCUT2D eigenvalue weighted by Gasteiger charge is 2.17. The lowest BCUT2D eigenvalue weighted by Gasteiger charge is -2.20. The minimum atomic E-state index is -0.522. The maximum Gasteiger partial charge on any atom is 0.106 e.